The molecule has 0 saturated carbocycles. The van der Waals surface area contributed by atoms with E-state index in [-0.39, 0.29) is 0 Å². The molecule has 2 nitrogen and oxygen atoms in total. The van der Waals surface area contributed by atoms with Crippen LogP contribution in [0.2, 0.25) is 0 Å². The van der Waals surface area contributed by atoms with Crippen LogP contribution in [0.25, 0.3) is 11.3 Å². The highest BCUT2D eigenvalue weighted by molar-refractivity contribution is 5.60. The Hall–Kier alpha value is -2.01. The van der Waals surface area contributed by atoms with Gasteiger partial charge in [-0.05, 0) is 17.2 Å². The van der Waals surface area contributed by atoms with Gasteiger partial charge in [0.05, 0.1) is 12.5 Å². The maximum absolute atomic E-state index is 8.54. The van der Waals surface area contributed by atoms with Crippen LogP contribution in [0.15, 0.2) is 42.6 Å². The summed E-state index contributed by atoms with van der Waals surface area (Å²) in [7, 11) is 0. The minimum atomic E-state index is 0.462. The van der Waals surface area contributed by atoms with Gasteiger partial charge in [0.1, 0.15) is 0 Å². The minimum absolute atomic E-state index is 0.462. The second-order valence-electron chi connectivity index (χ2n) is 3.12. The third-order valence-electron chi connectivity index (χ3n) is 2.11. The molecule has 1 aromatic carbocycles. The van der Waals surface area contributed by atoms with Crippen LogP contribution in [0.1, 0.15) is 5.56 Å². The minimum Gasteiger partial charge on any atom is -0.361 e. The highest BCUT2D eigenvalue weighted by atomic mass is 14.7. The smallest absolute Gasteiger partial charge is 0.0670 e. The van der Waals surface area contributed by atoms with Crippen LogP contribution in [0.5, 0.6) is 0 Å². The second-order valence-corrected chi connectivity index (χ2v) is 3.12. The molecule has 0 radical (unpaired) electrons. The molecule has 0 amide bonds. The van der Waals surface area contributed by atoms with Crippen LogP contribution in [0.3, 0.4) is 0 Å². The van der Waals surface area contributed by atoms with Gasteiger partial charge in [0.2, 0.25) is 0 Å². The van der Waals surface area contributed by atoms with Crippen molar-refractivity contribution in [3.63, 3.8) is 0 Å². The molecule has 0 fully saturated rings. The van der Waals surface area contributed by atoms with E-state index < -0.39 is 0 Å². The largest absolute Gasteiger partial charge is 0.361 e. The van der Waals surface area contributed by atoms with E-state index in [1.54, 1.807) is 0 Å². The van der Waals surface area contributed by atoms with E-state index >= 15 is 0 Å². The average Bonchev–Trinajstić information content (AvgIpc) is 2.68. The van der Waals surface area contributed by atoms with Gasteiger partial charge in [-0.25, -0.2) is 0 Å². The summed E-state index contributed by atoms with van der Waals surface area (Å²) in [5.41, 5.74) is 3.25. The molecule has 0 unspecified atom stereocenters. The lowest BCUT2D eigenvalue weighted by molar-refractivity contribution is 1.26. The quantitative estimate of drug-likeness (QED) is 0.762. The Morgan fingerprint density at radius 3 is 2.71 bits per heavy atom. The Labute approximate surface area is 82.8 Å². The average molecular weight is 182 g/mol. The molecule has 2 aromatic rings. The molecular weight excluding hydrogens is 172 g/mol. The summed E-state index contributed by atoms with van der Waals surface area (Å²) in [5, 5.41) is 8.54. The van der Waals surface area contributed by atoms with Crippen LogP contribution in [0.4, 0.5) is 0 Å². The zero-order valence-electron chi connectivity index (χ0n) is 7.70. The highest BCUT2D eigenvalue weighted by Crippen LogP contribution is 2.18. The normalized spacial score (nSPS) is 9.64. The van der Waals surface area contributed by atoms with E-state index in [9.17, 15) is 0 Å². The van der Waals surface area contributed by atoms with Gasteiger partial charge in [-0.2, -0.15) is 5.26 Å². The predicted octanol–water partition coefficient (Wildman–Crippen LogP) is 2.75. The first-order valence-corrected chi connectivity index (χ1v) is 4.50. The second kappa shape index (κ2) is 3.80. The maximum atomic E-state index is 8.54. The summed E-state index contributed by atoms with van der Waals surface area (Å²) in [5.74, 6) is 0. The summed E-state index contributed by atoms with van der Waals surface area (Å²) >= 11 is 0. The van der Waals surface area contributed by atoms with E-state index in [0.717, 1.165) is 16.8 Å². The Bertz CT molecular complexity index is 449. The summed E-state index contributed by atoms with van der Waals surface area (Å²) in [4.78, 5) is 3.16. The monoisotopic (exact) mass is 182 g/mol. The van der Waals surface area contributed by atoms with Gasteiger partial charge >= 0.3 is 0 Å². The van der Waals surface area contributed by atoms with Crippen molar-refractivity contribution >= 4 is 0 Å². The first-order valence-electron chi connectivity index (χ1n) is 4.50. The number of nitriles is 1. The number of nitrogens with one attached hydrogen (secondary N) is 1. The van der Waals surface area contributed by atoms with Gasteiger partial charge in [-0.1, -0.05) is 30.3 Å². The predicted molar refractivity (Wildman–Crippen MR) is 55.5 cm³/mol. The molecule has 14 heavy (non-hydrogen) atoms. The number of nitrogens with zero attached hydrogens (tertiary/aromatic N) is 1. The van der Waals surface area contributed by atoms with Gasteiger partial charge in [-0.3, -0.25) is 0 Å². The molecule has 0 saturated heterocycles. The van der Waals surface area contributed by atoms with Crippen LogP contribution in [-0.4, -0.2) is 4.98 Å². The van der Waals surface area contributed by atoms with Crippen molar-refractivity contribution in [3.8, 4) is 17.3 Å². The standard InChI is InChI=1S/C12H10N2/c13-7-6-10-8-12(14-9-10)11-4-2-1-3-5-11/h1-5,8-9,14H,6H2. The van der Waals surface area contributed by atoms with Crippen LogP contribution in [0, 0.1) is 11.3 Å². The van der Waals surface area contributed by atoms with E-state index in [2.05, 4.69) is 11.1 Å². The number of aromatic amines is 1. The molecular formula is C12H10N2. The molecule has 1 N–H and O–H groups in total. The molecule has 0 bridgehead atoms. The zero-order valence-corrected chi connectivity index (χ0v) is 7.70. The van der Waals surface area contributed by atoms with Crippen LogP contribution >= 0.6 is 0 Å². The van der Waals surface area contributed by atoms with Crippen molar-refractivity contribution in [1.82, 2.24) is 4.98 Å². The van der Waals surface area contributed by atoms with Crippen molar-refractivity contribution < 1.29 is 0 Å². The molecule has 1 heterocycles. The number of hydrogen-bond donors (Lipinski definition) is 1. The summed E-state index contributed by atoms with van der Waals surface area (Å²) in [6, 6.07) is 14.2. The number of benzene rings is 1. The van der Waals surface area contributed by atoms with Gasteiger partial charge in [-0.15, -0.1) is 0 Å². The fourth-order valence-corrected chi connectivity index (χ4v) is 1.42. The Morgan fingerprint density at radius 1 is 1.21 bits per heavy atom. The van der Waals surface area contributed by atoms with Gasteiger partial charge in [0.15, 0.2) is 0 Å². The number of hydrogen-bond acceptors (Lipinski definition) is 1. The number of rotatable bonds is 2. The number of H-pyrrole nitrogens is 1. The zero-order chi connectivity index (χ0) is 9.80. The molecule has 68 valence electrons. The fraction of sp³-hybridized carbons (Fsp3) is 0.0833. The first kappa shape index (κ1) is 8.58. The van der Waals surface area contributed by atoms with Crippen molar-refractivity contribution in [2.75, 3.05) is 0 Å². The Morgan fingerprint density at radius 2 is 2.00 bits per heavy atom. The van der Waals surface area contributed by atoms with E-state index in [1.807, 2.05) is 42.6 Å². The van der Waals surface area contributed by atoms with Gasteiger partial charge < -0.3 is 4.98 Å². The third kappa shape index (κ3) is 1.67. The molecule has 0 spiro atoms. The van der Waals surface area contributed by atoms with Crippen molar-refractivity contribution in [3.05, 3.63) is 48.2 Å². The maximum Gasteiger partial charge on any atom is 0.0670 e. The van der Waals surface area contributed by atoms with Crippen molar-refractivity contribution in [2.45, 2.75) is 6.42 Å². The summed E-state index contributed by atoms with van der Waals surface area (Å²) in [6.07, 6.45) is 2.34. The molecule has 2 rings (SSSR count). The highest BCUT2D eigenvalue weighted by Gasteiger charge is 2.00. The molecule has 0 aliphatic rings. The molecule has 2 heteroatoms. The molecule has 0 aliphatic carbocycles. The van der Waals surface area contributed by atoms with Gasteiger partial charge in [0, 0.05) is 11.9 Å². The van der Waals surface area contributed by atoms with E-state index in [0.29, 0.717) is 6.42 Å². The summed E-state index contributed by atoms with van der Waals surface area (Å²) in [6.45, 7) is 0. The third-order valence-corrected chi connectivity index (χ3v) is 2.11. The molecule has 0 atom stereocenters. The van der Waals surface area contributed by atoms with Gasteiger partial charge in [0.25, 0.3) is 0 Å². The lowest BCUT2D eigenvalue weighted by Crippen LogP contribution is -1.74. The lowest BCUT2D eigenvalue weighted by atomic mass is 10.1. The molecule has 1 aromatic heterocycles. The van der Waals surface area contributed by atoms with Crippen molar-refractivity contribution in [2.24, 2.45) is 0 Å². The Balaban J connectivity index is 2.31. The van der Waals surface area contributed by atoms with Crippen LogP contribution < -0.4 is 0 Å². The first-order chi connectivity index (χ1) is 6.90. The van der Waals surface area contributed by atoms with Crippen molar-refractivity contribution in [1.29, 1.82) is 5.26 Å². The fourth-order valence-electron chi connectivity index (χ4n) is 1.42. The topological polar surface area (TPSA) is 39.6 Å². The number of aromatic nitrogens is 1. The SMILES string of the molecule is N#CCc1c[nH]c(-c2ccccc2)c1. The van der Waals surface area contributed by atoms with Crippen LogP contribution in [-0.2, 0) is 6.42 Å². The lowest BCUT2D eigenvalue weighted by Gasteiger charge is -1.94. The summed E-state index contributed by atoms with van der Waals surface area (Å²) < 4.78 is 0. The Kier molecular flexibility index (Phi) is 2.33. The van der Waals surface area contributed by atoms with E-state index in [4.69, 9.17) is 5.26 Å². The molecule has 0 aliphatic heterocycles. The van der Waals surface area contributed by atoms with E-state index in [1.165, 1.54) is 0 Å².